The Kier molecular flexibility index (Phi) is 2.19. The zero-order valence-corrected chi connectivity index (χ0v) is 7.83. The monoisotopic (exact) mass is 170 g/mol. The molecule has 1 aromatic rings. The van der Waals surface area contributed by atoms with Gasteiger partial charge >= 0.3 is 0 Å². The summed E-state index contributed by atoms with van der Waals surface area (Å²) in [6, 6.07) is 0. The first-order valence-electron chi connectivity index (χ1n) is 3.94. The molecule has 0 bridgehead atoms. The first-order valence-corrected chi connectivity index (χ1v) is 3.94. The van der Waals surface area contributed by atoms with E-state index in [9.17, 15) is 5.11 Å². The first kappa shape index (κ1) is 9.19. The van der Waals surface area contributed by atoms with E-state index in [-0.39, 0.29) is 5.41 Å². The SMILES string of the molecule is C[C@H](O)c1nonc1C(C)(C)C. The van der Waals surface area contributed by atoms with Crippen LogP contribution in [0.1, 0.15) is 45.2 Å². The van der Waals surface area contributed by atoms with E-state index in [4.69, 9.17) is 0 Å². The van der Waals surface area contributed by atoms with Gasteiger partial charge in [0, 0.05) is 5.41 Å². The van der Waals surface area contributed by atoms with Gasteiger partial charge in [-0.05, 0) is 6.92 Å². The lowest BCUT2D eigenvalue weighted by molar-refractivity contribution is 0.184. The van der Waals surface area contributed by atoms with Crippen molar-refractivity contribution in [2.45, 2.75) is 39.2 Å². The van der Waals surface area contributed by atoms with Crippen molar-refractivity contribution in [3.8, 4) is 0 Å². The normalized spacial score (nSPS) is 14.8. The van der Waals surface area contributed by atoms with Crippen molar-refractivity contribution in [2.24, 2.45) is 0 Å². The summed E-state index contributed by atoms with van der Waals surface area (Å²) >= 11 is 0. The smallest absolute Gasteiger partial charge is 0.137 e. The second-order valence-electron chi connectivity index (χ2n) is 3.92. The van der Waals surface area contributed by atoms with Crippen molar-refractivity contribution < 1.29 is 9.74 Å². The Bertz CT molecular complexity index is 260. The molecular formula is C8H14N2O2. The van der Waals surface area contributed by atoms with Gasteiger partial charge in [0.05, 0.1) is 6.10 Å². The third-order valence-electron chi connectivity index (χ3n) is 1.62. The molecule has 0 saturated carbocycles. The minimum atomic E-state index is -0.620. The summed E-state index contributed by atoms with van der Waals surface area (Å²) in [5.74, 6) is 0. The molecule has 4 heteroatoms. The van der Waals surface area contributed by atoms with Gasteiger partial charge in [0.1, 0.15) is 11.4 Å². The fourth-order valence-electron chi connectivity index (χ4n) is 0.990. The van der Waals surface area contributed by atoms with Gasteiger partial charge in [-0.15, -0.1) is 0 Å². The van der Waals surface area contributed by atoms with Gasteiger partial charge in [0.15, 0.2) is 0 Å². The van der Waals surface area contributed by atoms with Crippen molar-refractivity contribution in [2.75, 3.05) is 0 Å². The molecule has 0 aromatic carbocycles. The van der Waals surface area contributed by atoms with Gasteiger partial charge in [0.25, 0.3) is 0 Å². The van der Waals surface area contributed by atoms with Crippen LogP contribution in [0.3, 0.4) is 0 Å². The van der Waals surface area contributed by atoms with Crippen molar-refractivity contribution >= 4 is 0 Å². The standard InChI is InChI=1S/C8H14N2O2/c1-5(11)6-7(8(2,3)4)10-12-9-6/h5,11H,1-4H3/t5-/m0/s1. The molecule has 0 unspecified atom stereocenters. The minimum Gasteiger partial charge on any atom is -0.387 e. The Morgan fingerprint density at radius 1 is 1.33 bits per heavy atom. The fourth-order valence-corrected chi connectivity index (χ4v) is 0.990. The van der Waals surface area contributed by atoms with E-state index >= 15 is 0 Å². The highest BCUT2D eigenvalue weighted by Gasteiger charge is 2.25. The van der Waals surface area contributed by atoms with Crippen molar-refractivity contribution in [1.82, 2.24) is 10.3 Å². The van der Waals surface area contributed by atoms with E-state index in [1.807, 2.05) is 20.8 Å². The maximum absolute atomic E-state index is 9.29. The summed E-state index contributed by atoms with van der Waals surface area (Å²) in [6.45, 7) is 7.64. The minimum absolute atomic E-state index is 0.133. The summed E-state index contributed by atoms with van der Waals surface area (Å²) in [4.78, 5) is 0. The largest absolute Gasteiger partial charge is 0.387 e. The van der Waals surface area contributed by atoms with E-state index in [1.165, 1.54) is 0 Å². The molecule has 1 rings (SSSR count). The van der Waals surface area contributed by atoms with E-state index in [0.717, 1.165) is 5.69 Å². The fraction of sp³-hybridized carbons (Fsp3) is 0.750. The quantitative estimate of drug-likeness (QED) is 0.692. The van der Waals surface area contributed by atoms with E-state index in [1.54, 1.807) is 6.92 Å². The number of rotatable bonds is 1. The van der Waals surface area contributed by atoms with Gasteiger partial charge in [-0.3, -0.25) is 0 Å². The van der Waals surface area contributed by atoms with Crippen molar-refractivity contribution in [3.05, 3.63) is 11.4 Å². The van der Waals surface area contributed by atoms with Crippen LogP contribution in [0.2, 0.25) is 0 Å². The molecule has 0 saturated heterocycles. The molecule has 0 aliphatic carbocycles. The number of aromatic nitrogens is 2. The first-order chi connectivity index (χ1) is 5.43. The van der Waals surface area contributed by atoms with Crippen LogP contribution < -0.4 is 0 Å². The zero-order valence-electron chi connectivity index (χ0n) is 7.83. The van der Waals surface area contributed by atoms with E-state index in [0.29, 0.717) is 5.69 Å². The van der Waals surface area contributed by atoms with E-state index in [2.05, 4.69) is 14.9 Å². The summed E-state index contributed by atoms with van der Waals surface area (Å²) < 4.78 is 4.57. The highest BCUT2D eigenvalue weighted by Crippen LogP contribution is 2.26. The molecule has 12 heavy (non-hydrogen) atoms. The second kappa shape index (κ2) is 2.86. The van der Waals surface area contributed by atoms with Gasteiger partial charge < -0.3 is 5.11 Å². The van der Waals surface area contributed by atoms with Crippen LogP contribution in [0.25, 0.3) is 0 Å². The molecule has 0 spiro atoms. The Morgan fingerprint density at radius 2 is 1.92 bits per heavy atom. The molecule has 0 aliphatic rings. The number of aliphatic hydroxyl groups is 1. The van der Waals surface area contributed by atoms with Crippen LogP contribution in [-0.2, 0) is 5.41 Å². The third kappa shape index (κ3) is 1.64. The van der Waals surface area contributed by atoms with Crippen LogP contribution in [-0.4, -0.2) is 15.4 Å². The molecule has 0 amide bonds. The molecule has 1 atom stereocenters. The van der Waals surface area contributed by atoms with Gasteiger partial charge in [0.2, 0.25) is 0 Å². The van der Waals surface area contributed by atoms with Crippen LogP contribution in [0.4, 0.5) is 0 Å². The molecule has 4 nitrogen and oxygen atoms in total. The third-order valence-corrected chi connectivity index (χ3v) is 1.62. The maximum Gasteiger partial charge on any atom is 0.137 e. The van der Waals surface area contributed by atoms with E-state index < -0.39 is 6.10 Å². The Balaban J connectivity index is 3.08. The average Bonchev–Trinajstić information content (AvgIpc) is 2.30. The van der Waals surface area contributed by atoms with Crippen LogP contribution >= 0.6 is 0 Å². The lowest BCUT2D eigenvalue weighted by atomic mass is 9.90. The highest BCUT2D eigenvalue weighted by atomic mass is 16.6. The van der Waals surface area contributed by atoms with Gasteiger partial charge in [-0.2, -0.15) is 0 Å². The molecule has 0 fully saturated rings. The lowest BCUT2D eigenvalue weighted by Crippen LogP contribution is -2.15. The number of aliphatic hydroxyl groups excluding tert-OH is 1. The van der Waals surface area contributed by atoms with Crippen molar-refractivity contribution in [3.63, 3.8) is 0 Å². The molecule has 0 radical (unpaired) electrons. The molecule has 0 aliphatic heterocycles. The summed E-state index contributed by atoms with van der Waals surface area (Å²) in [5, 5.41) is 16.7. The summed E-state index contributed by atoms with van der Waals surface area (Å²) in [6.07, 6.45) is -0.620. The number of nitrogens with zero attached hydrogens (tertiary/aromatic N) is 2. The molecule has 1 aromatic heterocycles. The summed E-state index contributed by atoms with van der Waals surface area (Å²) in [5.41, 5.74) is 1.12. The topological polar surface area (TPSA) is 59.2 Å². The number of hydrogen-bond acceptors (Lipinski definition) is 4. The maximum atomic E-state index is 9.29. The molecular weight excluding hydrogens is 156 g/mol. The zero-order chi connectivity index (χ0) is 9.35. The van der Waals surface area contributed by atoms with Crippen molar-refractivity contribution in [1.29, 1.82) is 0 Å². The number of hydrogen-bond donors (Lipinski definition) is 1. The lowest BCUT2D eigenvalue weighted by Gasteiger charge is -2.15. The molecule has 68 valence electrons. The molecule has 1 heterocycles. The summed E-state index contributed by atoms with van der Waals surface area (Å²) in [7, 11) is 0. The average molecular weight is 170 g/mol. The van der Waals surface area contributed by atoms with Gasteiger partial charge in [-0.25, -0.2) is 4.63 Å². The Labute approximate surface area is 71.6 Å². The van der Waals surface area contributed by atoms with Crippen LogP contribution in [0, 0.1) is 0 Å². The second-order valence-corrected chi connectivity index (χ2v) is 3.92. The van der Waals surface area contributed by atoms with Crippen LogP contribution in [0.5, 0.6) is 0 Å². The highest BCUT2D eigenvalue weighted by molar-refractivity contribution is 5.18. The van der Waals surface area contributed by atoms with Crippen LogP contribution in [0.15, 0.2) is 4.63 Å². The Morgan fingerprint density at radius 3 is 2.25 bits per heavy atom. The van der Waals surface area contributed by atoms with Gasteiger partial charge in [-0.1, -0.05) is 31.1 Å². The Hall–Kier alpha value is -0.900. The molecule has 1 N–H and O–H groups in total. The predicted octanol–water partition coefficient (Wildman–Crippen LogP) is 1.42. The predicted molar refractivity (Wildman–Crippen MR) is 43.6 cm³/mol.